The molecule has 25 heavy (non-hydrogen) atoms. The van der Waals surface area contributed by atoms with Crippen molar-refractivity contribution >= 4 is 18.1 Å². The largest absolute Gasteiger partial charge is 0.287 e. The molecule has 0 amide bonds. The van der Waals surface area contributed by atoms with Crippen molar-refractivity contribution in [2.24, 2.45) is 0 Å². The summed E-state index contributed by atoms with van der Waals surface area (Å²) in [5.74, 6) is 0. The second-order valence-electron chi connectivity index (χ2n) is 8.48. The summed E-state index contributed by atoms with van der Waals surface area (Å²) < 4.78 is 0. The quantitative estimate of drug-likeness (QED) is 0.656. The highest BCUT2D eigenvalue weighted by atomic mass is 31.1. The van der Waals surface area contributed by atoms with Crippen molar-refractivity contribution in [3.8, 4) is 0 Å². The minimum atomic E-state index is -0.233. The second kappa shape index (κ2) is 8.33. The van der Waals surface area contributed by atoms with E-state index in [4.69, 9.17) is 0 Å². The predicted octanol–water partition coefficient (Wildman–Crippen LogP) is 4.58. The van der Waals surface area contributed by atoms with Gasteiger partial charge in [-0.05, 0) is 67.5 Å². The van der Waals surface area contributed by atoms with E-state index in [-0.39, 0.29) is 7.55 Å². The predicted molar refractivity (Wildman–Crippen MR) is 116 cm³/mol. The van der Waals surface area contributed by atoms with Crippen molar-refractivity contribution in [2.45, 2.75) is 91.6 Å². The third-order valence-corrected chi connectivity index (χ3v) is 7.73. The summed E-state index contributed by atoms with van der Waals surface area (Å²) >= 11 is 0. The van der Waals surface area contributed by atoms with Crippen molar-refractivity contribution in [3.63, 3.8) is 0 Å². The van der Waals surface area contributed by atoms with E-state index in [0.29, 0.717) is 36.3 Å². The van der Waals surface area contributed by atoms with Crippen LogP contribution in [0.1, 0.15) is 55.4 Å². The molecular formula is C22H38N2P+. The lowest BCUT2D eigenvalue weighted by molar-refractivity contribution is 0.108. The molecular weight excluding hydrogens is 323 g/mol. The van der Waals surface area contributed by atoms with Crippen molar-refractivity contribution in [1.82, 2.24) is 9.80 Å². The van der Waals surface area contributed by atoms with Crippen LogP contribution in [0.5, 0.6) is 0 Å². The molecule has 1 aromatic rings. The standard InChI is InChI=1S/C22H38N2P/c1-15(2)23(16(3)4)20-21(24(17(5)6)18(7)8)22(20)25(9)19-13-11-10-12-14-19/h10-18,20-21H,1-9H3/q+1. The highest BCUT2D eigenvalue weighted by Gasteiger charge is 2.60. The fourth-order valence-electron chi connectivity index (χ4n) is 4.53. The molecule has 0 aliphatic heterocycles. The Kier molecular flexibility index (Phi) is 6.87. The molecule has 3 atom stereocenters. The van der Waals surface area contributed by atoms with Gasteiger partial charge in [-0.1, -0.05) is 18.2 Å². The molecule has 3 unspecified atom stereocenters. The summed E-state index contributed by atoms with van der Waals surface area (Å²) in [7, 11) is -0.233. The van der Waals surface area contributed by atoms with E-state index in [9.17, 15) is 0 Å². The zero-order valence-corrected chi connectivity index (χ0v) is 18.6. The Labute approximate surface area is 157 Å². The van der Waals surface area contributed by atoms with E-state index in [1.54, 1.807) is 5.29 Å². The van der Waals surface area contributed by atoms with Crippen molar-refractivity contribution in [3.05, 3.63) is 30.3 Å². The van der Waals surface area contributed by atoms with Crippen LogP contribution in [0.3, 0.4) is 0 Å². The van der Waals surface area contributed by atoms with Gasteiger partial charge in [-0.15, -0.1) is 0 Å². The van der Waals surface area contributed by atoms with Crippen LogP contribution < -0.4 is 5.30 Å². The second-order valence-corrected chi connectivity index (χ2v) is 10.6. The van der Waals surface area contributed by atoms with Crippen LogP contribution in [0, 0.1) is 0 Å². The normalized spacial score (nSPS) is 21.4. The molecule has 0 heterocycles. The average molecular weight is 362 g/mol. The van der Waals surface area contributed by atoms with E-state index < -0.39 is 0 Å². The van der Waals surface area contributed by atoms with E-state index in [1.807, 2.05) is 0 Å². The number of hydrogen-bond donors (Lipinski definition) is 0. The van der Waals surface area contributed by atoms with Gasteiger partial charge >= 0.3 is 0 Å². The van der Waals surface area contributed by atoms with Gasteiger partial charge in [0.1, 0.15) is 24.8 Å². The first kappa shape index (κ1) is 20.6. The first-order valence-electron chi connectivity index (χ1n) is 9.88. The fourth-order valence-corrected chi connectivity index (χ4v) is 6.72. The van der Waals surface area contributed by atoms with Gasteiger partial charge in [0.25, 0.3) is 0 Å². The van der Waals surface area contributed by atoms with Gasteiger partial charge in [-0.25, -0.2) is 0 Å². The van der Waals surface area contributed by atoms with Crippen LogP contribution in [-0.4, -0.2) is 58.0 Å². The SMILES string of the molecule is CC(C)N(C(C)C)C1C(=[P+](C)c2ccccc2)C1N(C(C)C)C(C)C. The smallest absolute Gasteiger partial charge is 0.148 e. The number of hydrogen-bond acceptors (Lipinski definition) is 2. The van der Waals surface area contributed by atoms with Gasteiger partial charge in [-0.2, -0.15) is 0 Å². The first-order chi connectivity index (χ1) is 11.7. The summed E-state index contributed by atoms with van der Waals surface area (Å²) in [6.07, 6.45) is 0. The Morgan fingerprint density at radius 3 is 1.36 bits per heavy atom. The van der Waals surface area contributed by atoms with Gasteiger partial charge < -0.3 is 0 Å². The molecule has 3 heteroatoms. The lowest BCUT2D eigenvalue weighted by Crippen LogP contribution is -2.46. The van der Waals surface area contributed by atoms with Crippen molar-refractivity contribution in [1.29, 1.82) is 0 Å². The van der Waals surface area contributed by atoms with Crippen LogP contribution in [0.15, 0.2) is 30.3 Å². The van der Waals surface area contributed by atoms with Crippen LogP contribution in [-0.2, 0) is 0 Å². The Morgan fingerprint density at radius 1 is 0.680 bits per heavy atom. The lowest BCUT2D eigenvalue weighted by atomic mass is 10.2. The van der Waals surface area contributed by atoms with E-state index in [2.05, 4.69) is 102 Å². The molecule has 0 bridgehead atoms. The third-order valence-electron chi connectivity index (χ3n) is 5.35. The molecule has 0 saturated heterocycles. The summed E-state index contributed by atoms with van der Waals surface area (Å²) in [4.78, 5) is 5.47. The van der Waals surface area contributed by atoms with Crippen LogP contribution >= 0.6 is 7.55 Å². The summed E-state index contributed by atoms with van der Waals surface area (Å²) in [5.41, 5.74) is 0. The van der Waals surface area contributed by atoms with Gasteiger partial charge in [0, 0.05) is 24.2 Å². The molecule has 2 nitrogen and oxygen atoms in total. The number of nitrogens with zero attached hydrogens (tertiary/aromatic N) is 2. The van der Waals surface area contributed by atoms with Crippen LogP contribution in [0.25, 0.3) is 0 Å². The number of rotatable bonds is 7. The van der Waals surface area contributed by atoms with Crippen molar-refractivity contribution in [2.75, 3.05) is 6.66 Å². The van der Waals surface area contributed by atoms with E-state index >= 15 is 0 Å². The molecule has 0 spiro atoms. The highest BCUT2D eigenvalue weighted by molar-refractivity contribution is 7.66. The monoisotopic (exact) mass is 361 g/mol. The maximum atomic E-state index is 2.74. The summed E-state index contributed by atoms with van der Waals surface area (Å²) in [5, 5.41) is 3.28. The molecule has 0 N–H and O–H groups in total. The lowest BCUT2D eigenvalue weighted by Gasteiger charge is -2.34. The maximum Gasteiger partial charge on any atom is 0.148 e. The molecule has 1 saturated carbocycles. The minimum Gasteiger partial charge on any atom is -0.287 e. The Balaban J connectivity index is 2.50. The molecule has 1 fully saturated rings. The zero-order valence-electron chi connectivity index (χ0n) is 17.7. The van der Waals surface area contributed by atoms with E-state index in [0.717, 1.165) is 0 Å². The molecule has 2 rings (SSSR count). The molecule has 1 aromatic carbocycles. The Hall–Kier alpha value is -0.690. The van der Waals surface area contributed by atoms with Gasteiger partial charge in [0.15, 0.2) is 0 Å². The number of benzene rings is 1. The Bertz CT molecular complexity index is 545. The first-order valence-corrected chi connectivity index (χ1v) is 11.7. The van der Waals surface area contributed by atoms with Crippen LogP contribution in [0.4, 0.5) is 0 Å². The van der Waals surface area contributed by atoms with Gasteiger partial charge in [0.05, 0.1) is 12.1 Å². The van der Waals surface area contributed by atoms with Crippen molar-refractivity contribution < 1.29 is 0 Å². The fraction of sp³-hybridized carbons (Fsp3) is 0.682. The molecule has 1 aliphatic rings. The molecule has 0 radical (unpaired) electrons. The minimum absolute atomic E-state index is 0.233. The average Bonchev–Trinajstić information content (AvgIpc) is 3.20. The van der Waals surface area contributed by atoms with Gasteiger partial charge in [0.2, 0.25) is 0 Å². The topological polar surface area (TPSA) is 6.48 Å². The van der Waals surface area contributed by atoms with Gasteiger partial charge in [-0.3, -0.25) is 9.80 Å². The van der Waals surface area contributed by atoms with Crippen LogP contribution in [0.2, 0.25) is 0 Å². The zero-order chi connectivity index (χ0) is 18.9. The molecule has 0 aromatic heterocycles. The maximum absolute atomic E-state index is 2.74. The molecule has 1 aliphatic carbocycles. The molecule has 140 valence electrons. The summed E-state index contributed by atoms with van der Waals surface area (Å²) in [6.45, 7) is 21.3. The third kappa shape index (κ3) is 4.35. The Morgan fingerprint density at radius 2 is 1.04 bits per heavy atom. The van der Waals surface area contributed by atoms with E-state index in [1.165, 1.54) is 5.30 Å². The highest BCUT2D eigenvalue weighted by Crippen LogP contribution is 2.43. The summed E-state index contributed by atoms with van der Waals surface area (Å²) in [6, 6.07) is 14.6.